The van der Waals surface area contributed by atoms with Crippen molar-refractivity contribution < 1.29 is 96.4 Å². The van der Waals surface area contributed by atoms with Crippen LogP contribution >= 0.6 is 0 Å². The minimum atomic E-state index is -9.02. The summed E-state index contributed by atoms with van der Waals surface area (Å²) in [5.74, 6) is -49.9. The lowest BCUT2D eigenvalue weighted by Crippen LogP contribution is -2.77. The van der Waals surface area contributed by atoms with Gasteiger partial charge in [-0.1, -0.05) is 0 Å². The van der Waals surface area contributed by atoms with Gasteiger partial charge in [0.25, 0.3) is 0 Å². The van der Waals surface area contributed by atoms with E-state index in [4.69, 9.17) is 8.23 Å². The second-order valence-corrected chi connectivity index (χ2v) is 25.1. The van der Waals surface area contributed by atoms with Crippen molar-refractivity contribution in [3.8, 4) is 0 Å². The molecule has 46 heavy (non-hydrogen) atoms. The third-order valence-corrected chi connectivity index (χ3v) is 15.4. The lowest BCUT2D eigenvalue weighted by Gasteiger charge is -2.45. The van der Waals surface area contributed by atoms with Gasteiger partial charge in [0.15, 0.2) is 16.6 Å². The van der Waals surface area contributed by atoms with Crippen molar-refractivity contribution in [2.45, 2.75) is 118 Å². The van der Waals surface area contributed by atoms with E-state index in [1.165, 1.54) is 0 Å². The first-order chi connectivity index (χ1) is 19.6. The Bertz CT molecular complexity index is 987. The highest BCUT2D eigenvalue weighted by molar-refractivity contribution is 6.87. The van der Waals surface area contributed by atoms with E-state index in [1.807, 2.05) is 39.3 Å². The summed E-state index contributed by atoms with van der Waals surface area (Å²) >= 11 is 0. The number of halogens is 19. The van der Waals surface area contributed by atoms with Crippen molar-refractivity contribution in [1.82, 2.24) is 0 Å². The van der Waals surface area contributed by atoms with Gasteiger partial charge in [0, 0.05) is 13.0 Å². The molecule has 0 aliphatic carbocycles. The molecule has 0 saturated carbocycles. The summed E-state index contributed by atoms with van der Waals surface area (Å²) in [6.07, 6.45) is -19.4. The van der Waals surface area contributed by atoms with Gasteiger partial charge in [-0.2, -0.15) is 79.0 Å². The summed E-state index contributed by atoms with van der Waals surface area (Å²) in [5, 5.41) is 0. The van der Waals surface area contributed by atoms with Gasteiger partial charge in [0.2, 0.25) is 0 Å². The van der Waals surface area contributed by atoms with Crippen LogP contribution in [0.5, 0.6) is 0 Å². The van der Waals surface area contributed by atoms with Crippen LogP contribution in [0.25, 0.3) is 0 Å². The van der Waals surface area contributed by atoms with Crippen LogP contribution in [-0.4, -0.2) is 92.0 Å². The molecule has 0 N–H and O–H groups in total. The molecule has 0 radical (unpaired) electrons. The molecule has 0 rings (SSSR count). The number of alkyl halides is 19. The molecule has 0 bridgehead atoms. The molecule has 0 aromatic rings. The zero-order valence-corrected chi connectivity index (χ0v) is 27.9. The fraction of sp³-hybridized carbons (Fsp3) is 1.00. The van der Waals surface area contributed by atoms with Crippen LogP contribution < -0.4 is 0 Å². The molecule has 0 saturated heterocycles. The van der Waals surface area contributed by atoms with Gasteiger partial charge < -0.3 is 13.0 Å². The molecule has 0 amide bonds. The molecular weight excluding hydrogens is 745 g/mol. The number of ether oxygens (including phenoxy) is 1. The van der Waals surface area contributed by atoms with Crippen molar-refractivity contribution >= 4 is 25.2 Å². The third kappa shape index (κ3) is 8.67. The second-order valence-electron chi connectivity index (χ2n) is 12.3. The molecule has 0 spiro atoms. The Kier molecular flexibility index (Phi) is 12.9. The molecule has 0 atom stereocenters. The van der Waals surface area contributed by atoms with E-state index >= 15 is 0 Å². The van der Waals surface area contributed by atoms with E-state index in [0.717, 1.165) is 0 Å². The molecule has 0 fully saturated rings. The highest BCUT2D eigenvalue weighted by atomic mass is 28.5. The van der Waals surface area contributed by atoms with E-state index in [9.17, 15) is 83.4 Å². The normalized spacial score (nSPS) is 16.3. The third-order valence-electron chi connectivity index (χ3n) is 5.77. The molecule has 0 aliphatic rings. The zero-order chi connectivity index (χ0) is 37.7. The largest absolute Gasteiger partial charge is 0.438 e. The van der Waals surface area contributed by atoms with E-state index < -0.39 is 98.4 Å². The number of hydrogen-bond donors (Lipinski definition) is 0. The first-order valence-corrected chi connectivity index (χ1v) is 22.0. The molecule has 25 heteroatoms. The van der Waals surface area contributed by atoms with Gasteiger partial charge >= 0.3 is 62.1 Å². The van der Waals surface area contributed by atoms with E-state index in [0.29, 0.717) is 0 Å². The molecule has 0 aromatic heterocycles. The minimum Gasteiger partial charge on any atom is -0.437 e. The van der Waals surface area contributed by atoms with Crippen molar-refractivity contribution in [1.29, 1.82) is 0 Å². The predicted molar refractivity (Wildman–Crippen MR) is 131 cm³/mol. The van der Waals surface area contributed by atoms with Crippen LogP contribution in [0.4, 0.5) is 83.4 Å². The van der Waals surface area contributed by atoms with E-state index in [2.05, 4.69) is 4.74 Å². The minimum absolute atomic E-state index is 0.0986. The molecular formula is C21H31F19O3Si3. The van der Waals surface area contributed by atoms with Gasteiger partial charge in [-0.25, -0.2) is 4.39 Å². The average molecular weight is 777 g/mol. The highest BCUT2D eigenvalue weighted by Crippen LogP contribution is 2.66. The summed E-state index contributed by atoms with van der Waals surface area (Å²) in [4.78, 5) is 0. The summed E-state index contributed by atoms with van der Waals surface area (Å²) in [7, 11) is -7.43. The SMILES string of the molecule is C[Si](C)(C)O[Si](C)(CCCOCCC(F)(F)C(F)(F)C(F)(F)C(F)(F)C(F)(F)C(F)(F)C(F)(C(F)(F)F)C(F)(F)F)O[Si](C)(C)C. The van der Waals surface area contributed by atoms with Gasteiger partial charge in [0.05, 0.1) is 6.61 Å². The second kappa shape index (κ2) is 13.2. The van der Waals surface area contributed by atoms with Crippen molar-refractivity contribution in [2.24, 2.45) is 0 Å². The summed E-state index contributed by atoms with van der Waals surface area (Å²) in [6.45, 7) is 10.2. The molecule has 0 aliphatic heterocycles. The van der Waals surface area contributed by atoms with Crippen molar-refractivity contribution in [3.05, 3.63) is 0 Å². The Hall–Kier alpha value is -0.799. The monoisotopic (exact) mass is 776 g/mol. The zero-order valence-electron chi connectivity index (χ0n) is 24.9. The summed E-state index contributed by atoms with van der Waals surface area (Å²) in [6, 6.07) is 0.105. The Morgan fingerprint density at radius 2 is 0.761 bits per heavy atom. The first kappa shape index (κ1) is 45.2. The van der Waals surface area contributed by atoms with Crippen molar-refractivity contribution in [2.75, 3.05) is 13.2 Å². The summed E-state index contributed by atoms with van der Waals surface area (Å²) in [5.41, 5.74) is -8.75. The maximum Gasteiger partial charge on any atom is 0.438 e. The smallest absolute Gasteiger partial charge is 0.437 e. The maximum absolute atomic E-state index is 14.1. The highest BCUT2D eigenvalue weighted by Gasteiger charge is 2.98. The quantitative estimate of drug-likeness (QED) is 0.0837. The van der Waals surface area contributed by atoms with Crippen LogP contribution in [0.1, 0.15) is 12.8 Å². The summed E-state index contributed by atoms with van der Waals surface area (Å²) < 4.78 is 273. The van der Waals surface area contributed by atoms with Gasteiger partial charge in [0.1, 0.15) is 0 Å². The molecule has 0 heterocycles. The molecule has 3 nitrogen and oxygen atoms in total. The van der Waals surface area contributed by atoms with Crippen LogP contribution in [-0.2, 0) is 13.0 Å². The van der Waals surface area contributed by atoms with Crippen LogP contribution in [0.2, 0.25) is 51.9 Å². The Morgan fingerprint density at radius 1 is 0.435 bits per heavy atom. The number of hydrogen-bond acceptors (Lipinski definition) is 3. The Labute approximate surface area is 253 Å². The van der Waals surface area contributed by atoms with E-state index in [1.54, 1.807) is 6.55 Å². The first-order valence-electron chi connectivity index (χ1n) is 12.7. The number of rotatable bonds is 17. The van der Waals surface area contributed by atoms with Gasteiger partial charge in [-0.3, -0.25) is 0 Å². The van der Waals surface area contributed by atoms with E-state index in [-0.39, 0.29) is 12.5 Å². The maximum atomic E-state index is 14.1. The van der Waals surface area contributed by atoms with Crippen LogP contribution in [0.3, 0.4) is 0 Å². The van der Waals surface area contributed by atoms with Crippen molar-refractivity contribution in [3.63, 3.8) is 0 Å². The molecule has 0 aromatic carbocycles. The fourth-order valence-corrected chi connectivity index (χ4v) is 16.4. The fourth-order valence-electron chi connectivity index (χ4n) is 3.93. The van der Waals surface area contributed by atoms with Gasteiger partial charge in [-0.15, -0.1) is 0 Å². The van der Waals surface area contributed by atoms with Gasteiger partial charge in [-0.05, 0) is 58.3 Å². The Morgan fingerprint density at radius 3 is 1.09 bits per heavy atom. The van der Waals surface area contributed by atoms with Crippen LogP contribution in [0, 0.1) is 0 Å². The Balaban J connectivity index is 6.07. The average Bonchev–Trinajstić information content (AvgIpc) is 2.75. The lowest BCUT2D eigenvalue weighted by atomic mass is 9.83. The van der Waals surface area contributed by atoms with Crippen LogP contribution in [0.15, 0.2) is 0 Å². The molecule has 0 unspecified atom stereocenters. The lowest BCUT2D eigenvalue weighted by molar-refractivity contribution is -0.472. The molecule has 278 valence electrons. The standard InChI is InChI=1S/C21H31F19O3Si3/c1-44(2,3)42-46(7,43-45(4,5)6)12-8-10-41-11-9-13(22,23)15(25,26)17(29,30)19(33,34)18(31,32)16(27,28)14(24,20(35,36)37)21(38,39)40/h8-12H2,1-7H3. The topological polar surface area (TPSA) is 27.7 Å². The predicted octanol–water partition coefficient (Wildman–Crippen LogP) is 10.2.